The Morgan fingerprint density at radius 2 is 2.25 bits per heavy atom. The lowest BCUT2D eigenvalue weighted by molar-refractivity contribution is 0.321. The van der Waals surface area contributed by atoms with E-state index in [4.69, 9.17) is 15.5 Å². The Balaban J connectivity index is 1.58. The summed E-state index contributed by atoms with van der Waals surface area (Å²) in [6, 6.07) is 8.15. The Kier molecular flexibility index (Phi) is 4.03. The number of thiazole rings is 1. The highest BCUT2D eigenvalue weighted by Crippen LogP contribution is 2.42. The molecule has 1 aromatic carbocycles. The van der Waals surface area contributed by atoms with Gasteiger partial charge in [-0.2, -0.15) is 0 Å². The molecule has 0 amide bonds. The van der Waals surface area contributed by atoms with Crippen molar-refractivity contribution in [1.29, 1.82) is 0 Å². The van der Waals surface area contributed by atoms with Crippen LogP contribution < -0.4 is 10.5 Å². The standard InChI is InChI=1S/C16H20N2OS/c1-11-3-2-4-13(9-11)19-8-7-15-18-16(12-5-6-12)14(10-17)20-15/h2-4,9,12H,5-8,10,17H2,1H3. The van der Waals surface area contributed by atoms with Crippen LogP contribution in [0.5, 0.6) is 5.75 Å². The molecule has 0 aliphatic heterocycles. The number of nitrogens with two attached hydrogens (primary N) is 1. The van der Waals surface area contributed by atoms with Crippen molar-refractivity contribution in [3.63, 3.8) is 0 Å². The first-order valence-corrected chi connectivity index (χ1v) is 7.96. The Labute approximate surface area is 123 Å². The Hall–Kier alpha value is -1.39. The van der Waals surface area contributed by atoms with Crippen LogP contribution in [0.1, 0.15) is 39.9 Å². The predicted molar refractivity (Wildman–Crippen MR) is 82.4 cm³/mol. The molecule has 2 N–H and O–H groups in total. The molecule has 1 saturated carbocycles. The van der Waals surface area contributed by atoms with Gasteiger partial charge >= 0.3 is 0 Å². The van der Waals surface area contributed by atoms with E-state index in [2.05, 4.69) is 19.1 Å². The highest BCUT2D eigenvalue weighted by atomic mass is 32.1. The fourth-order valence-corrected chi connectivity index (χ4v) is 3.32. The van der Waals surface area contributed by atoms with Crippen molar-refractivity contribution in [1.82, 2.24) is 4.98 Å². The maximum Gasteiger partial charge on any atom is 0.119 e. The molecular formula is C16H20N2OS. The van der Waals surface area contributed by atoms with Crippen molar-refractivity contribution in [2.75, 3.05) is 6.61 Å². The number of benzene rings is 1. The second-order valence-corrected chi connectivity index (χ2v) is 6.48. The van der Waals surface area contributed by atoms with E-state index in [-0.39, 0.29) is 0 Å². The molecule has 1 fully saturated rings. The maximum atomic E-state index is 5.81. The first kappa shape index (κ1) is 13.6. The highest BCUT2D eigenvalue weighted by molar-refractivity contribution is 7.11. The lowest BCUT2D eigenvalue weighted by atomic mass is 10.2. The van der Waals surface area contributed by atoms with Gasteiger partial charge in [0.25, 0.3) is 0 Å². The van der Waals surface area contributed by atoms with E-state index >= 15 is 0 Å². The number of aryl methyl sites for hydroxylation is 1. The van der Waals surface area contributed by atoms with Gasteiger partial charge in [0.05, 0.1) is 17.3 Å². The second kappa shape index (κ2) is 5.94. The minimum absolute atomic E-state index is 0.613. The summed E-state index contributed by atoms with van der Waals surface area (Å²) in [4.78, 5) is 6.01. The van der Waals surface area contributed by atoms with Gasteiger partial charge in [0.1, 0.15) is 5.75 Å². The summed E-state index contributed by atoms with van der Waals surface area (Å²) in [6.07, 6.45) is 3.41. The summed E-state index contributed by atoms with van der Waals surface area (Å²) in [5.74, 6) is 1.61. The molecule has 20 heavy (non-hydrogen) atoms. The number of hydrogen-bond acceptors (Lipinski definition) is 4. The first-order valence-electron chi connectivity index (χ1n) is 7.14. The van der Waals surface area contributed by atoms with Gasteiger partial charge in [-0.3, -0.25) is 0 Å². The summed E-state index contributed by atoms with van der Waals surface area (Å²) in [6.45, 7) is 3.36. The van der Waals surface area contributed by atoms with Gasteiger partial charge in [-0.05, 0) is 37.5 Å². The van der Waals surface area contributed by atoms with Crippen LogP contribution in [0.15, 0.2) is 24.3 Å². The van der Waals surface area contributed by atoms with Gasteiger partial charge in [-0.25, -0.2) is 4.98 Å². The van der Waals surface area contributed by atoms with Crippen molar-refractivity contribution in [3.05, 3.63) is 45.4 Å². The molecule has 1 aromatic heterocycles. The number of ether oxygens (including phenoxy) is 1. The van der Waals surface area contributed by atoms with Gasteiger partial charge < -0.3 is 10.5 Å². The average molecular weight is 288 g/mol. The third kappa shape index (κ3) is 3.19. The Morgan fingerprint density at radius 1 is 1.40 bits per heavy atom. The van der Waals surface area contributed by atoms with Crippen LogP contribution >= 0.6 is 11.3 Å². The largest absolute Gasteiger partial charge is 0.493 e. The maximum absolute atomic E-state index is 5.81. The van der Waals surface area contributed by atoms with E-state index in [0.717, 1.165) is 17.2 Å². The van der Waals surface area contributed by atoms with Crippen molar-refractivity contribution in [2.24, 2.45) is 5.73 Å². The van der Waals surface area contributed by atoms with E-state index in [9.17, 15) is 0 Å². The number of aromatic nitrogens is 1. The molecule has 1 heterocycles. The van der Waals surface area contributed by atoms with Crippen LogP contribution in [-0.4, -0.2) is 11.6 Å². The molecule has 3 nitrogen and oxygen atoms in total. The summed E-state index contributed by atoms with van der Waals surface area (Å²) in [5, 5.41) is 1.15. The minimum Gasteiger partial charge on any atom is -0.493 e. The molecule has 0 spiro atoms. The molecule has 0 unspecified atom stereocenters. The normalized spacial score (nSPS) is 14.5. The van der Waals surface area contributed by atoms with Gasteiger partial charge in [-0.1, -0.05) is 12.1 Å². The zero-order valence-electron chi connectivity index (χ0n) is 11.8. The van der Waals surface area contributed by atoms with Crippen molar-refractivity contribution >= 4 is 11.3 Å². The van der Waals surface area contributed by atoms with Gasteiger partial charge in [0, 0.05) is 23.8 Å². The number of nitrogens with zero attached hydrogens (tertiary/aromatic N) is 1. The summed E-state index contributed by atoms with van der Waals surface area (Å²) >= 11 is 1.75. The number of hydrogen-bond donors (Lipinski definition) is 1. The first-order chi connectivity index (χ1) is 9.76. The quantitative estimate of drug-likeness (QED) is 0.886. The molecule has 4 heteroatoms. The zero-order valence-corrected chi connectivity index (χ0v) is 12.6. The van der Waals surface area contributed by atoms with Gasteiger partial charge in [-0.15, -0.1) is 11.3 Å². The molecule has 0 atom stereocenters. The molecule has 1 aliphatic carbocycles. The molecule has 0 bridgehead atoms. The van der Waals surface area contributed by atoms with E-state index in [0.29, 0.717) is 19.1 Å². The third-order valence-corrected chi connectivity index (χ3v) is 4.65. The molecular weight excluding hydrogens is 268 g/mol. The molecule has 0 radical (unpaired) electrons. The fraction of sp³-hybridized carbons (Fsp3) is 0.438. The van der Waals surface area contributed by atoms with Gasteiger partial charge in [0.2, 0.25) is 0 Å². The second-order valence-electron chi connectivity index (χ2n) is 5.31. The fourth-order valence-electron chi connectivity index (χ4n) is 2.30. The van der Waals surface area contributed by atoms with Crippen LogP contribution in [0, 0.1) is 6.92 Å². The highest BCUT2D eigenvalue weighted by Gasteiger charge is 2.29. The van der Waals surface area contributed by atoms with Crippen molar-refractivity contribution in [3.8, 4) is 5.75 Å². The minimum atomic E-state index is 0.613. The molecule has 106 valence electrons. The molecule has 0 saturated heterocycles. The number of rotatable bonds is 6. The van der Waals surface area contributed by atoms with E-state index < -0.39 is 0 Å². The summed E-state index contributed by atoms with van der Waals surface area (Å²) < 4.78 is 5.79. The van der Waals surface area contributed by atoms with E-state index in [1.807, 2.05) is 12.1 Å². The van der Waals surface area contributed by atoms with Crippen molar-refractivity contribution in [2.45, 2.75) is 38.6 Å². The monoisotopic (exact) mass is 288 g/mol. The molecule has 1 aliphatic rings. The Bertz CT molecular complexity index is 590. The van der Waals surface area contributed by atoms with Crippen LogP contribution in [-0.2, 0) is 13.0 Å². The van der Waals surface area contributed by atoms with E-state index in [1.165, 1.54) is 29.0 Å². The Morgan fingerprint density at radius 3 is 2.95 bits per heavy atom. The van der Waals surface area contributed by atoms with Crippen LogP contribution in [0.3, 0.4) is 0 Å². The zero-order chi connectivity index (χ0) is 13.9. The summed E-state index contributed by atoms with van der Waals surface area (Å²) in [7, 11) is 0. The van der Waals surface area contributed by atoms with E-state index in [1.54, 1.807) is 11.3 Å². The molecule has 3 rings (SSSR count). The predicted octanol–water partition coefficient (Wildman–Crippen LogP) is 3.41. The van der Waals surface area contributed by atoms with Crippen LogP contribution in [0.2, 0.25) is 0 Å². The van der Waals surface area contributed by atoms with Crippen LogP contribution in [0.4, 0.5) is 0 Å². The lowest BCUT2D eigenvalue weighted by Crippen LogP contribution is -2.01. The molecule has 2 aromatic rings. The average Bonchev–Trinajstić information content (AvgIpc) is 3.20. The lowest BCUT2D eigenvalue weighted by Gasteiger charge is -2.05. The third-order valence-electron chi connectivity index (χ3n) is 3.50. The van der Waals surface area contributed by atoms with Crippen molar-refractivity contribution < 1.29 is 4.74 Å². The SMILES string of the molecule is Cc1cccc(OCCc2nc(C3CC3)c(CN)s2)c1. The summed E-state index contributed by atoms with van der Waals surface area (Å²) in [5.41, 5.74) is 8.28. The van der Waals surface area contributed by atoms with Crippen LogP contribution in [0.25, 0.3) is 0 Å². The topological polar surface area (TPSA) is 48.1 Å². The van der Waals surface area contributed by atoms with Gasteiger partial charge in [0.15, 0.2) is 0 Å². The smallest absolute Gasteiger partial charge is 0.119 e.